The topological polar surface area (TPSA) is 40.6 Å². The van der Waals surface area contributed by atoms with Crippen molar-refractivity contribution in [2.24, 2.45) is 0 Å². The Morgan fingerprint density at radius 1 is 0.917 bits per heavy atom. The normalized spacial score (nSPS) is 15.0. The van der Waals surface area contributed by atoms with Gasteiger partial charge < -0.3 is 0 Å². The molecule has 1 aliphatic rings. The van der Waals surface area contributed by atoms with Crippen molar-refractivity contribution < 1.29 is 22.8 Å². The maximum absolute atomic E-state index is 12.8. The lowest BCUT2D eigenvalue weighted by atomic mass is 10.2. The minimum Gasteiger partial charge on any atom is -0.298 e. The van der Waals surface area contributed by atoms with E-state index in [4.69, 9.17) is 0 Å². The second-order valence-electron chi connectivity index (χ2n) is 5.34. The van der Waals surface area contributed by atoms with E-state index in [9.17, 15) is 22.8 Å². The average molecular weight is 334 g/mol. The second-order valence-corrected chi connectivity index (χ2v) is 5.34. The van der Waals surface area contributed by atoms with Crippen molar-refractivity contribution >= 4 is 23.7 Å². The fourth-order valence-corrected chi connectivity index (χ4v) is 2.60. The summed E-state index contributed by atoms with van der Waals surface area (Å²) in [5.41, 5.74) is 0.503. The van der Waals surface area contributed by atoms with Crippen LogP contribution in [0.1, 0.15) is 15.9 Å². The van der Waals surface area contributed by atoms with Crippen LogP contribution in [0, 0.1) is 0 Å². The van der Waals surface area contributed by atoms with Gasteiger partial charge in [0.25, 0.3) is 0 Å². The zero-order valence-electron chi connectivity index (χ0n) is 12.5. The summed E-state index contributed by atoms with van der Waals surface area (Å²) >= 11 is 0. The molecule has 1 heterocycles. The second kappa shape index (κ2) is 5.99. The van der Waals surface area contributed by atoms with Crippen molar-refractivity contribution in [2.75, 3.05) is 22.9 Å². The summed E-state index contributed by atoms with van der Waals surface area (Å²) in [5, 5.41) is 0. The SMILES string of the molecule is O=Cc1ccc(N2CCN(c3cccc(C(F)(F)F)c3)C2=O)cc1. The van der Waals surface area contributed by atoms with Crippen molar-refractivity contribution in [3.63, 3.8) is 0 Å². The molecule has 1 aliphatic heterocycles. The number of amides is 2. The standard InChI is InChI=1S/C17H13F3N2O2/c18-17(19,20)13-2-1-3-15(10-13)22-9-8-21(16(22)24)14-6-4-12(11-23)5-7-14/h1-7,10-11H,8-9H2. The van der Waals surface area contributed by atoms with Crippen LogP contribution in [0.25, 0.3) is 0 Å². The van der Waals surface area contributed by atoms with Crippen LogP contribution in [0.3, 0.4) is 0 Å². The first-order valence-corrected chi connectivity index (χ1v) is 7.22. The molecule has 2 aromatic carbocycles. The summed E-state index contributed by atoms with van der Waals surface area (Å²) in [6.07, 6.45) is -3.76. The maximum Gasteiger partial charge on any atom is 0.416 e. The number of rotatable bonds is 3. The Morgan fingerprint density at radius 3 is 2.12 bits per heavy atom. The number of urea groups is 1. The summed E-state index contributed by atoms with van der Waals surface area (Å²) in [6, 6.07) is 10.8. The number of anilines is 2. The number of aldehydes is 1. The first kappa shape index (κ1) is 16.0. The molecule has 0 unspecified atom stereocenters. The molecule has 0 radical (unpaired) electrons. The molecule has 0 bridgehead atoms. The first-order valence-electron chi connectivity index (χ1n) is 7.22. The third-order valence-corrected chi connectivity index (χ3v) is 3.84. The van der Waals surface area contributed by atoms with E-state index in [0.717, 1.165) is 12.1 Å². The van der Waals surface area contributed by atoms with E-state index in [1.807, 2.05) is 0 Å². The summed E-state index contributed by atoms with van der Waals surface area (Å²) in [5.74, 6) is 0. The van der Waals surface area contributed by atoms with Crippen molar-refractivity contribution in [2.45, 2.75) is 6.18 Å². The van der Waals surface area contributed by atoms with E-state index in [2.05, 4.69) is 0 Å². The highest BCUT2D eigenvalue weighted by Gasteiger charge is 2.34. The molecule has 24 heavy (non-hydrogen) atoms. The van der Waals surface area contributed by atoms with E-state index >= 15 is 0 Å². The van der Waals surface area contributed by atoms with E-state index in [1.165, 1.54) is 21.9 Å². The molecule has 3 rings (SSSR count). The number of carbonyl (C=O) groups excluding carboxylic acids is 2. The number of hydrogen-bond donors (Lipinski definition) is 0. The Balaban J connectivity index is 1.84. The molecule has 1 saturated heterocycles. The minimum atomic E-state index is -4.46. The van der Waals surface area contributed by atoms with Gasteiger partial charge in [0.2, 0.25) is 0 Å². The number of carbonyl (C=O) groups is 2. The predicted octanol–water partition coefficient (Wildman–Crippen LogP) is 3.96. The van der Waals surface area contributed by atoms with Crippen LogP contribution in [0.4, 0.5) is 29.3 Å². The maximum atomic E-state index is 12.8. The smallest absolute Gasteiger partial charge is 0.298 e. The Labute approximate surface area is 136 Å². The van der Waals surface area contributed by atoms with Gasteiger partial charge in [0.05, 0.1) is 5.56 Å². The summed E-state index contributed by atoms with van der Waals surface area (Å²) in [7, 11) is 0. The zero-order chi connectivity index (χ0) is 17.3. The van der Waals surface area contributed by atoms with Gasteiger partial charge in [-0.3, -0.25) is 14.6 Å². The molecule has 0 saturated carbocycles. The molecule has 1 fully saturated rings. The average Bonchev–Trinajstić information content (AvgIpc) is 2.96. The van der Waals surface area contributed by atoms with E-state index < -0.39 is 17.8 Å². The molecule has 0 atom stereocenters. The first-order chi connectivity index (χ1) is 11.4. The molecule has 4 nitrogen and oxygen atoms in total. The number of benzene rings is 2. The lowest BCUT2D eigenvalue weighted by Gasteiger charge is -2.19. The van der Waals surface area contributed by atoms with E-state index in [-0.39, 0.29) is 12.2 Å². The van der Waals surface area contributed by atoms with Crippen LogP contribution < -0.4 is 9.80 Å². The molecule has 0 N–H and O–H groups in total. The molecular formula is C17H13F3N2O2. The van der Waals surface area contributed by atoms with Crippen LogP contribution in [-0.2, 0) is 6.18 Å². The van der Waals surface area contributed by atoms with Gasteiger partial charge in [-0.25, -0.2) is 4.79 Å². The van der Waals surface area contributed by atoms with Crippen molar-refractivity contribution in [1.29, 1.82) is 0 Å². The van der Waals surface area contributed by atoms with Gasteiger partial charge >= 0.3 is 12.2 Å². The third kappa shape index (κ3) is 2.97. The molecule has 0 aromatic heterocycles. The van der Waals surface area contributed by atoms with Crippen LogP contribution in [0.2, 0.25) is 0 Å². The van der Waals surface area contributed by atoms with Crippen molar-refractivity contribution in [3.8, 4) is 0 Å². The molecule has 2 aromatic rings. The number of alkyl halides is 3. The molecular weight excluding hydrogens is 321 g/mol. The monoisotopic (exact) mass is 334 g/mol. The lowest BCUT2D eigenvalue weighted by molar-refractivity contribution is -0.137. The number of nitrogens with zero attached hydrogens (tertiary/aromatic N) is 2. The highest BCUT2D eigenvalue weighted by atomic mass is 19.4. The van der Waals surface area contributed by atoms with Crippen LogP contribution in [0.15, 0.2) is 48.5 Å². The molecule has 124 valence electrons. The Morgan fingerprint density at radius 2 is 1.54 bits per heavy atom. The fraction of sp³-hybridized carbons (Fsp3) is 0.176. The van der Waals surface area contributed by atoms with Gasteiger partial charge in [-0.2, -0.15) is 13.2 Å². The van der Waals surface area contributed by atoms with Crippen LogP contribution in [0.5, 0.6) is 0 Å². The Hall–Kier alpha value is -2.83. The summed E-state index contributed by atoms with van der Waals surface area (Å²) in [4.78, 5) is 26.0. The van der Waals surface area contributed by atoms with Crippen molar-refractivity contribution in [3.05, 3.63) is 59.7 Å². The van der Waals surface area contributed by atoms with Gasteiger partial charge in [-0.05, 0) is 42.5 Å². The zero-order valence-corrected chi connectivity index (χ0v) is 12.5. The molecule has 0 aliphatic carbocycles. The third-order valence-electron chi connectivity index (χ3n) is 3.84. The predicted molar refractivity (Wildman–Crippen MR) is 83.4 cm³/mol. The number of halogens is 3. The Bertz CT molecular complexity index is 772. The van der Waals surface area contributed by atoms with E-state index in [1.54, 1.807) is 24.3 Å². The summed E-state index contributed by atoms with van der Waals surface area (Å²) < 4.78 is 38.5. The molecule has 0 spiro atoms. The van der Waals surface area contributed by atoms with E-state index in [0.29, 0.717) is 24.1 Å². The minimum absolute atomic E-state index is 0.210. The van der Waals surface area contributed by atoms with Crippen LogP contribution >= 0.6 is 0 Å². The van der Waals surface area contributed by atoms with Gasteiger partial charge in [0, 0.05) is 30.0 Å². The Kier molecular flexibility index (Phi) is 4.01. The molecule has 2 amide bonds. The van der Waals surface area contributed by atoms with Crippen molar-refractivity contribution in [1.82, 2.24) is 0 Å². The molecule has 7 heteroatoms. The number of hydrogen-bond acceptors (Lipinski definition) is 2. The quantitative estimate of drug-likeness (QED) is 0.797. The van der Waals surface area contributed by atoms with Gasteiger partial charge in [0.15, 0.2) is 0 Å². The largest absolute Gasteiger partial charge is 0.416 e. The highest BCUT2D eigenvalue weighted by Crippen LogP contribution is 2.33. The van der Waals surface area contributed by atoms with Gasteiger partial charge in [0.1, 0.15) is 6.29 Å². The summed E-state index contributed by atoms with van der Waals surface area (Å²) in [6.45, 7) is 0.644. The van der Waals surface area contributed by atoms with Crippen LogP contribution in [-0.4, -0.2) is 25.4 Å². The van der Waals surface area contributed by atoms with Gasteiger partial charge in [-0.1, -0.05) is 6.07 Å². The fourth-order valence-electron chi connectivity index (χ4n) is 2.60. The van der Waals surface area contributed by atoms with Gasteiger partial charge in [-0.15, -0.1) is 0 Å². The highest BCUT2D eigenvalue weighted by molar-refractivity contribution is 6.06. The lowest BCUT2D eigenvalue weighted by Crippen LogP contribution is -2.31.